The highest BCUT2D eigenvalue weighted by Gasteiger charge is 2.28. The number of hydrogen-bond donors (Lipinski definition) is 1. The van der Waals surface area contributed by atoms with Crippen molar-refractivity contribution in [3.63, 3.8) is 0 Å². The molecule has 196 valence electrons. The number of rotatable bonds is 4. The summed E-state index contributed by atoms with van der Waals surface area (Å²) in [5.74, 6) is 0.643. The quantitative estimate of drug-likeness (QED) is 0.421. The van der Waals surface area contributed by atoms with Crippen LogP contribution in [-0.2, 0) is 18.3 Å². The molecule has 2 amide bonds. The molecule has 5 rings (SSSR count). The summed E-state index contributed by atoms with van der Waals surface area (Å²) in [5.41, 5.74) is 3.42. The molecular weight excluding hydrogens is 480 g/mol. The molecule has 1 atom stereocenters. The van der Waals surface area contributed by atoms with Crippen LogP contribution in [0, 0.1) is 11.3 Å². The lowest BCUT2D eigenvalue weighted by Crippen LogP contribution is -2.50. The molecular formula is C29H32N6O3. The van der Waals surface area contributed by atoms with E-state index in [0.717, 1.165) is 40.8 Å². The van der Waals surface area contributed by atoms with Gasteiger partial charge in [0.15, 0.2) is 5.82 Å². The highest BCUT2D eigenvalue weighted by molar-refractivity contribution is 5.98. The zero-order chi connectivity index (χ0) is 27.0. The van der Waals surface area contributed by atoms with Gasteiger partial charge in [-0.15, -0.1) is 0 Å². The van der Waals surface area contributed by atoms with Gasteiger partial charge in [-0.05, 0) is 63.9 Å². The normalized spacial score (nSPS) is 16.0. The Kier molecular flexibility index (Phi) is 6.57. The van der Waals surface area contributed by atoms with Gasteiger partial charge in [0.05, 0.1) is 22.8 Å². The molecule has 3 heterocycles. The fourth-order valence-corrected chi connectivity index (χ4v) is 5.13. The van der Waals surface area contributed by atoms with Gasteiger partial charge >= 0.3 is 6.09 Å². The number of aryl methyl sites for hydroxylation is 1. The number of nitrogens with zero attached hydrogens (tertiary/aromatic N) is 5. The van der Waals surface area contributed by atoms with Crippen molar-refractivity contribution in [3.05, 3.63) is 54.1 Å². The fourth-order valence-electron chi connectivity index (χ4n) is 5.13. The Morgan fingerprint density at radius 3 is 2.71 bits per heavy atom. The van der Waals surface area contributed by atoms with Gasteiger partial charge in [0, 0.05) is 42.6 Å². The minimum atomic E-state index is -0.575. The number of amides is 2. The predicted octanol–water partition coefficient (Wildman–Crippen LogP) is 4.85. The Hall–Kier alpha value is -4.32. The summed E-state index contributed by atoms with van der Waals surface area (Å²) in [4.78, 5) is 32.3. The zero-order valence-corrected chi connectivity index (χ0v) is 22.2. The maximum absolute atomic E-state index is 13.4. The molecule has 9 heteroatoms. The van der Waals surface area contributed by atoms with E-state index in [0.29, 0.717) is 24.2 Å². The van der Waals surface area contributed by atoms with E-state index in [4.69, 9.17) is 9.72 Å². The van der Waals surface area contributed by atoms with Crippen LogP contribution < -0.4 is 5.32 Å². The number of carbonyl (C=O) groups excluding carboxylic acids is 2. The number of piperidine rings is 1. The maximum atomic E-state index is 13.4. The molecule has 0 bridgehead atoms. The molecule has 1 fully saturated rings. The van der Waals surface area contributed by atoms with Crippen molar-refractivity contribution in [2.24, 2.45) is 7.05 Å². The molecule has 0 spiro atoms. The molecule has 0 radical (unpaired) electrons. The average Bonchev–Trinajstić information content (AvgIpc) is 3.40. The van der Waals surface area contributed by atoms with Gasteiger partial charge in [-0.3, -0.25) is 4.79 Å². The third-order valence-corrected chi connectivity index (χ3v) is 6.83. The Balaban J connectivity index is 1.40. The number of para-hydroxylation sites is 1. The largest absolute Gasteiger partial charge is 0.444 e. The first-order chi connectivity index (χ1) is 18.1. The van der Waals surface area contributed by atoms with Crippen LogP contribution >= 0.6 is 0 Å². The van der Waals surface area contributed by atoms with E-state index in [1.807, 2.05) is 85.5 Å². The van der Waals surface area contributed by atoms with Crippen molar-refractivity contribution < 1.29 is 14.3 Å². The number of aromatic nitrogens is 3. The number of nitrogens with one attached hydrogen (secondary N) is 1. The Labute approximate surface area is 221 Å². The second-order valence-electron chi connectivity index (χ2n) is 10.8. The first-order valence-electron chi connectivity index (χ1n) is 12.9. The number of imidazole rings is 1. The third kappa shape index (κ3) is 4.94. The van der Waals surface area contributed by atoms with Crippen LogP contribution in [0.15, 0.2) is 48.5 Å². The standard InChI is InChI=1S/C29H32N6O3/c1-29(2,3)38-28(37)31-21-9-7-14-34(18-21)27(36)20-11-12-24-22(16-20)32-26(33(24)4)25-17-19-8-5-6-10-23(19)35(25)15-13-30/h5-6,8,10-12,16-17,21H,7,9,14-15,18H2,1-4H3,(H,31,37)/t21-/m1/s1. The minimum Gasteiger partial charge on any atom is -0.444 e. The first kappa shape index (κ1) is 25.3. The van der Waals surface area contributed by atoms with Crippen LogP contribution in [0.25, 0.3) is 33.5 Å². The zero-order valence-electron chi connectivity index (χ0n) is 22.2. The molecule has 38 heavy (non-hydrogen) atoms. The maximum Gasteiger partial charge on any atom is 0.407 e. The Bertz CT molecular complexity index is 1570. The molecule has 0 saturated carbocycles. The molecule has 1 aliphatic heterocycles. The van der Waals surface area contributed by atoms with Crippen LogP contribution in [0.4, 0.5) is 4.79 Å². The molecule has 0 aliphatic carbocycles. The molecule has 0 unspecified atom stereocenters. The number of alkyl carbamates (subject to hydrolysis) is 1. The van der Waals surface area contributed by atoms with Crippen LogP contribution in [0.5, 0.6) is 0 Å². The van der Waals surface area contributed by atoms with Gasteiger partial charge in [0.1, 0.15) is 12.1 Å². The summed E-state index contributed by atoms with van der Waals surface area (Å²) in [6.45, 7) is 6.75. The van der Waals surface area contributed by atoms with E-state index >= 15 is 0 Å². The number of nitriles is 1. The van der Waals surface area contributed by atoms with E-state index in [2.05, 4.69) is 11.4 Å². The summed E-state index contributed by atoms with van der Waals surface area (Å²) in [5, 5.41) is 13.4. The van der Waals surface area contributed by atoms with Crippen molar-refractivity contribution in [1.82, 2.24) is 24.3 Å². The van der Waals surface area contributed by atoms with E-state index in [1.54, 1.807) is 4.90 Å². The lowest BCUT2D eigenvalue weighted by molar-refractivity contribution is 0.0452. The lowest BCUT2D eigenvalue weighted by atomic mass is 10.0. The Morgan fingerprint density at radius 1 is 1.16 bits per heavy atom. The van der Waals surface area contributed by atoms with Crippen LogP contribution in [0.3, 0.4) is 0 Å². The van der Waals surface area contributed by atoms with Crippen molar-refractivity contribution in [3.8, 4) is 17.6 Å². The van der Waals surface area contributed by atoms with Gasteiger partial charge in [-0.2, -0.15) is 5.26 Å². The number of benzene rings is 2. The number of likely N-dealkylation sites (tertiary alicyclic amines) is 1. The monoisotopic (exact) mass is 512 g/mol. The third-order valence-electron chi connectivity index (χ3n) is 6.83. The summed E-state index contributed by atoms with van der Waals surface area (Å²) in [6, 6.07) is 17.7. The molecule has 1 aliphatic rings. The van der Waals surface area contributed by atoms with Crippen molar-refractivity contribution >= 4 is 33.9 Å². The lowest BCUT2D eigenvalue weighted by Gasteiger charge is -2.33. The molecule has 4 aromatic rings. The summed E-state index contributed by atoms with van der Waals surface area (Å²) >= 11 is 0. The van der Waals surface area contributed by atoms with Gasteiger partial charge in [0.2, 0.25) is 0 Å². The molecule has 1 saturated heterocycles. The fraction of sp³-hybridized carbons (Fsp3) is 0.379. The van der Waals surface area contributed by atoms with Crippen molar-refractivity contribution in [1.29, 1.82) is 5.26 Å². The van der Waals surface area contributed by atoms with Crippen LogP contribution in [0.2, 0.25) is 0 Å². The van der Waals surface area contributed by atoms with Gasteiger partial charge in [-0.1, -0.05) is 18.2 Å². The number of fused-ring (bicyclic) bond motifs is 2. The molecule has 2 aromatic heterocycles. The summed E-state index contributed by atoms with van der Waals surface area (Å²) < 4.78 is 9.34. The molecule has 2 aromatic carbocycles. The smallest absolute Gasteiger partial charge is 0.407 e. The van der Waals surface area contributed by atoms with Crippen molar-refractivity contribution in [2.45, 2.75) is 51.8 Å². The Morgan fingerprint density at radius 2 is 1.95 bits per heavy atom. The van der Waals surface area contributed by atoms with E-state index in [9.17, 15) is 14.9 Å². The second kappa shape index (κ2) is 9.86. The highest BCUT2D eigenvalue weighted by Crippen LogP contribution is 2.30. The van der Waals surface area contributed by atoms with Gasteiger partial charge < -0.3 is 24.1 Å². The minimum absolute atomic E-state index is 0.0895. The highest BCUT2D eigenvalue weighted by atomic mass is 16.6. The van der Waals surface area contributed by atoms with Crippen molar-refractivity contribution in [2.75, 3.05) is 13.1 Å². The van der Waals surface area contributed by atoms with E-state index in [-0.39, 0.29) is 18.5 Å². The van der Waals surface area contributed by atoms with Crippen LogP contribution in [-0.4, -0.2) is 55.8 Å². The second-order valence-corrected chi connectivity index (χ2v) is 10.8. The number of ether oxygens (including phenoxy) is 1. The van der Waals surface area contributed by atoms with Crippen LogP contribution in [0.1, 0.15) is 44.0 Å². The van der Waals surface area contributed by atoms with Gasteiger partial charge in [0.25, 0.3) is 5.91 Å². The number of carbonyl (C=O) groups is 2. The average molecular weight is 513 g/mol. The number of hydrogen-bond acceptors (Lipinski definition) is 5. The van der Waals surface area contributed by atoms with E-state index < -0.39 is 11.7 Å². The first-order valence-corrected chi connectivity index (χ1v) is 12.9. The predicted molar refractivity (Wildman–Crippen MR) is 146 cm³/mol. The topological polar surface area (TPSA) is 105 Å². The SMILES string of the molecule is Cn1c(-c2cc3ccccc3n2CC#N)nc2cc(C(=O)N3CCC[C@@H](NC(=O)OC(C)(C)C)C3)ccc21. The summed E-state index contributed by atoms with van der Waals surface area (Å²) in [7, 11) is 1.94. The molecule has 1 N–H and O–H groups in total. The van der Waals surface area contributed by atoms with E-state index in [1.165, 1.54) is 0 Å². The summed E-state index contributed by atoms with van der Waals surface area (Å²) in [6.07, 6.45) is 1.13. The van der Waals surface area contributed by atoms with Gasteiger partial charge in [-0.25, -0.2) is 9.78 Å². The molecule has 9 nitrogen and oxygen atoms in total.